The molecule has 37 heavy (non-hydrogen) atoms. The van der Waals surface area contributed by atoms with Gasteiger partial charge in [-0.1, -0.05) is 84.3 Å². The van der Waals surface area contributed by atoms with Gasteiger partial charge in [0.2, 0.25) is 5.91 Å². The number of benzene rings is 2. The molecule has 0 bridgehead atoms. The molecule has 3 aliphatic rings. The van der Waals surface area contributed by atoms with E-state index < -0.39 is 16.5 Å². The number of hydrogen-bond donors (Lipinski definition) is 1. The van der Waals surface area contributed by atoms with Gasteiger partial charge in [-0.25, -0.2) is 13.8 Å². The standard InChI is InChI=1S/C22H20F2N2O2S.3C2H6.CH5N/c23-15-9-10-18(24)16(13-15)20-25-26(21(27)14-5-1-2-6-14)22(29-20)11-12-28-19-8-4-3-7-17(19)22;4*1-2/h3-4,7-10,13-14H,1-2,5-6,11-12H2;3*1-2H3;2H2,1H3. The highest BCUT2D eigenvalue weighted by Gasteiger charge is 2.53. The molecule has 2 heterocycles. The molecule has 2 aliphatic heterocycles. The van der Waals surface area contributed by atoms with Gasteiger partial charge in [-0.05, 0) is 44.2 Å². The fourth-order valence-electron chi connectivity index (χ4n) is 4.41. The molecule has 1 amide bonds. The molecule has 1 spiro atoms. The Bertz CT molecular complexity index is 1010. The second-order valence-electron chi connectivity index (χ2n) is 7.64. The number of thioether (sulfide) groups is 1. The molecule has 1 atom stereocenters. The molecule has 5 rings (SSSR count). The summed E-state index contributed by atoms with van der Waals surface area (Å²) in [6.45, 7) is 12.4. The second-order valence-corrected chi connectivity index (χ2v) is 8.91. The van der Waals surface area contributed by atoms with Crippen LogP contribution in [0.25, 0.3) is 0 Å². The molecule has 0 saturated heterocycles. The van der Waals surface area contributed by atoms with Crippen LogP contribution in [0.2, 0.25) is 0 Å². The van der Waals surface area contributed by atoms with Crippen LogP contribution < -0.4 is 10.5 Å². The fraction of sp³-hybridized carbons (Fsp3) is 0.517. The SMILES string of the molecule is CC.CC.CC.CN.O=C(C1CCCC1)N1N=C(c2cc(F)ccc2F)SC12CCOc1ccccc12. The Morgan fingerprint density at radius 3 is 2.30 bits per heavy atom. The lowest BCUT2D eigenvalue weighted by Crippen LogP contribution is -2.46. The smallest absolute Gasteiger partial charge is 0.247 e. The Morgan fingerprint density at radius 2 is 1.65 bits per heavy atom. The van der Waals surface area contributed by atoms with Crippen LogP contribution in [0.5, 0.6) is 5.75 Å². The molecule has 2 aromatic carbocycles. The van der Waals surface area contributed by atoms with Gasteiger partial charge in [0, 0.05) is 23.5 Å². The summed E-state index contributed by atoms with van der Waals surface area (Å²) in [6.07, 6.45) is 4.26. The van der Waals surface area contributed by atoms with Crippen molar-refractivity contribution in [2.75, 3.05) is 13.7 Å². The van der Waals surface area contributed by atoms with Crippen LogP contribution in [0.1, 0.15) is 84.8 Å². The molecule has 5 nitrogen and oxygen atoms in total. The number of para-hydroxylation sites is 1. The number of carbonyl (C=O) groups excluding carboxylic acids is 1. The summed E-state index contributed by atoms with van der Waals surface area (Å²) >= 11 is 1.32. The normalized spacial score (nSPS) is 19.3. The fourth-order valence-corrected chi connectivity index (χ4v) is 5.80. The van der Waals surface area contributed by atoms with Gasteiger partial charge in [0.15, 0.2) is 0 Å². The van der Waals surface area contributed by atoms with Crippen molar-refractivity contribution < 1.29 is 18.3 Å². The van der Waals surface area contributed by atoms with E-state index in [4.69, 9.17) is 4.74 Å². The monoisotopic (exact) mass is 535 g/mol. The average molecular weight is 536 g/mol. The van der Waals surface area contributed by atoms with Gasteiger partial charge in [0.1, 0.15) is 27.3 Å². The van der Waals surface area contributed by atoms with E-state index in [1.165, 1.54) is 23.8 Å². The van der Waals surface area contributed by atoms with Gasteiger partial charge in [-0.3, -0.25) is 4.79 Å². The Labute approximate surface area is 225 Å². The number of nitrogens with two attached hydrogens (primary N) is 1. The predicted octanol–water partition coefficient (Wildman–Crippen LogP) is 7.68. The lowest BCUT2D eigenvalue weighted by atomic mass is 9.97. The maximum Gasteiger partial charge on any atom is 0.247 e. The van der Waals surface area contributed by atoms with Crippen LogP contribution in [-0.2, 0) is 9.67 Å². The molecule has 0 aromatic heterocycles. The van der Waals surface area contributed by atoms with Gasteiger partial charge in [0.25, 0.3) is 0 Å². The van der Waals surface area contributed by atoms with E-state index in [2.05, 4.69) is 10.8 Å². The molecule has 1 saturated carbocycles. The number of hydrogen-bond acceptors (Lipinski definition) is 5. The van der Waals surface area contributed by atoms with Crippen LogP contribution in [0.4, 0.5) is 8.78 Å². The maximum absolute atomic E-state index is 14.5. The number of halogens is 2. The van der Waals surface area contributed by atoms with E-state index in [1.54, 1.807) is 0 Å². The second kappa shape index (κ2) is 16.4. The Kier molecular flexibility index (Phi) is 14.4. The first-order valence-electron chi connectivity index (χ1n) is 13.5. The van der Waals surface area contributed by atoms with E-state index in [0.717, 1.165) is 49.4 Å². The van der Waals surface area contributed by atoms with E-state index >= 15 is 0 Å². The molecule has 0 radical (unpaired) electrons. The topological polar surface area (TPSA) is 67.9 Å². The third-order valence-electron chi connectivity index (χ3n) is 5.88. The summed E-state index contributed by atoms with van der Waals surface area (Å²) in [5.74, 6) is -0.511. The highest BCUT2D eigenvalue weighted by molar-refractivity contribution is 8.15. The molecule has 2 aromatic rings. The number of ether oxygens (including phenoxy) is 1. The van der Waals surface area contributed by atoms with Gasteiger partial charge >= 0.3 is 0 Å². The summed E-state index contributed by atoms with van der Waals surface area (Å²) in [5.41, 5.74) is 5.43. The lowest BCUT2D eigenvalue weighted by Gasteiger charge is -2.40. The largest absolute Gasteiger partial charge is 0.493 e. The van der Waals surface area contributed by atoms with Crippen LogP contribution in [0.3, 0.4) is 0 Å². The van der Waals surface area contributed by atoms with E-state index in [1.807, 2.05) is 65.8 Å². The summed E-state index contributed by atoms with van der Waals surface area (Å²) in [6, 6.07) is 10.9. The van der Waals surface area contributed by atoms with Crippen LogP contribution in [0.15, 0.2) is 47.6 Å². The number of amides is 1. The van der Waals surface area contributed by atoms with Crippen molar-refractivity contribution in [1.29, 1.82) is 0 Å². The molecule has 1 unspecified atom stereocenters. The van der Waals surface area contributed by atoms with E-state index in [-0.39, 0.29) is 17.4 Å². The van der Waals surface area contributed by atoms with Gasteiger partial charge < -0.3 is 10.5 Å². The summed E-state index contributed by atoms with van der Waals surface area (Å²) in [5, 5.41) is 6.44. The minimum Gasteiger partial charge on any atom is -0.493 e. The Hall–Kier alpha value is -2.45. The van der Waals surface area contributed by atoms with Crippen molar-refractivity contribution in [3.8, 4) is 5.75 Å². The first kappa shape index (κ1) is 32.6. The molecular weight excluding hydrogens is 492 g/mol. The highest BCUT2D eigenvalue weighted by Crippen LogP contribution is 2.55. The van der Waals surface area contributed by atoms with Crippen molar-refractivity contribution >= 4 is 22.7 Å². The van der Waals surface area contributed by atoms with Crippen molar-refractivity contribution in [3.63, 3.8) is 0 Å². The highest BCUT2D eigenvalue weighted by atomic mass is 32.2. The zero-order valence-electron chi connectivity index (χ0n) is 23.3. The summed E-state index contributed by atoms with van der Waals surface area (Å²) in [4.78, 5) is 12.7. The number of rotatable bonds is 2. The van der Waals surface area contributed by atoms with Crippen molar-refractivity contribution in [2.24, 2.45) is 16.8 Å². The van der Waals surface area contributed by atoms with Crippen molar-refractivity contribution in [1.82, 2.24) is 5.01 Å². The number of fused-ring (bicyclic) bond motifs is 2. The van der Waals surface area contributed by atoms with Crippen LogP contribution in [-0.4, -0.2) is 29.6 Å². The summed E-state index contributed by atoms with van der Waals surface area (Å²) in [7, 11) is 1.50. The van der Waals surface area contributed by atoms with Crippen LogP contribution in [0, 0.1) is 17.6 Å². The van der Waals surface area contributed by atoms with E-state index in [9.17, 15) is 13.6 Å². The van der Waals surface area contributed by atoms with Crippen LogP contribution >= 0.6 is 11.8 Å². The van der Waals surface area contributed by atoms with Crippen molar-refractivity contribution in [2.45, 2.75) is 78.5 Å². The minimum absolute atomic E-state index is 0.0430. The maximum atomic E-state index is 14.5. The zero-order valence-corrected chi connectivity index (χ0v) is 24.1. The number of carbonyl (C=O) groups is 1. The Balaban J connectivity index is 0.000000784. The molecule has 206 valence electrons. The third-order valence-corrected chi connectivity index (χ3v) is 7.31. The quantitative estimate of drug-likeness (QED) is 0.428. The number of nitrogens with zero attached hydrogens (tertiary/aromatic N) is 2. The zero-order chi connectivity index (χ0) is 28.0. The Morgan fingerprint density at radius 1 is 1.03 bits per heavy atom. The minimum atomic E-state index is -0.803. The van der Waals surface area contributed by atoms with Crippen molar-refractivity contribution in [3.05, 3.63) is 65.2 Å². The van der Waals surface area contributed by atoms with Gasteiger partial charge in [-0.2, -0.15) is 5.10 Å². The molecular formula is C29H43F2N3O2S. The van der Waals surface area contributed by atoms with Gasteiger partial charge in [0.05, 0.1) is 6.61 Å². The first-order valence-corrected chi connectivity index (χ1v) is 14.3. The third kappa shape index (κ3) is 7.11. The van der Waals surface area contributed by atoms with Gasteiger partial charge in [-0.15, -0.1) is 0 Å². The van der Waals surface area contributed by atoms with E-state index in [0.29, 0.717) is 23.8 Å². The first-order chi connectivity index (χ1) is 18.1. The summed E-state index contributed by atoms with van der Waals surface area (Å²) < 4.78 is 34.2. The molecule has 2 N–H and O–H groups in total. The average Bonchev–Trinajstić information content (AvgIpc) is 3.64. The number of hydrazone groups is 1. The molecule has 8 heteroatoms. The molecule has 1 aliphatic carbocycles. The lowest BCUT2D eigenvalue weighted by molar-refractivity contribution is -0.139. The molecule has 1 fully saturated rings. The predicted molar refractivity (Wildman–Crippen MR) is 152 cm³/mol.